The van der Waals surface area contributed by atoms with E-state index in [1.54, 1.807) is 38.4 Å². The van der Waals surface area contributed by atoms with Gasteiger partial charge in [-0.25, -0.2) is 9.36 Å². The van der Waals surface area contributed by atoms with Crippen LogP contribution in [0.1, 0.15) is 34.6 Å². The predicted octanol–water partition coefficient (Wildman–Crippen LogP) is 1.90. The van der Waals surface area contributed by atoms with Gasteiger partial charge in [-0.1, -0.05) is 0 Å². The van der Waals surface area contributed by atoms with E-state index in [0.717, 1.165) is 0 Å². The van der Waals surface area contributed by atoms with Crippen LogP contribution >= 0.6 is 0 Å². The van der Waals surface area contributed by atoms with Crippen molar-refractivity contribution in [3.8, 4) is 17.2 Å². The Morgan fingerprint density at radius 1 is 0.966 bits per heavy atom. The van der Waals surface area contributed by atoms with Crippen LogP contribution in [-0.2, 0) is 11.8 Å². The van der Waals surface area contributed by atoms with Crippen LogP contribution in [0.4, 0.5) is 0 Å². The van der Waals surface area contributed by atoms with E-state index in [2.05, 4.69) is 5.32 Å². The summed E-state index contributed by atoms with van der Waals surface area (Å²) in [6, 6.07) is 6.46. The summed E-state index contributed by atoms with van der Waals surface area (Å²) in [6.45, 7) is 3.53. The van der Waals surface area contributed by atoms with Crippen molar-refractivity contribution in [3.05, 3.63) is 47.8 Å². The van der Waals surface area contributed by atoms with Gasteiger partial charge < -0.3 is 24.3 Å². The maximum absolute atomic E-state index is 12.5. The number of aromatic nitrogens is 1. The molecule has 0 unspecified atom stereocenters. The Hall–Kier alpha value is -3.29. The lowest BCUT2D eigenvalue weighted by atomic mass is 10.1. The van der Waals surface area contributed by atoms with Crippen molar-refractivity contribution in [1.29, 1.82) is 0 Å². The standard InChI is InChI=1S/C21H26N2O6/c1-21(2,22-19(24)14-7-9-23(3)10-8-14)13-29-20(25)15-11-16(26-4)18(28-6)17(12-15)27-5/h7-12H,13H2,1-6H3/p+1. The zero-order chi connectivity index (χ0) is 21.6. The van der Waals surface area contributed by atoms with Gasteiger partial charge in [-0.05, 0) is 26.0 Å². The van der Waals surface area contributed by atoms with Crippen molar-refractivity contribution in [2.45, 2.75) is 19.4 Å². The molecule has 1 N–H and O–H groups in total. The number of nitrogens with one attached hydrogen (secondary N) is 1. The Bertz CT molecular complexity index is 852. The quantitative estimate of drug-likeness (QED) is 0.535. The number of ether oxygens (including phenoxy) is 4. The van der Waals surface area contributed by atoms with Crippen LogP contribution in [-0.4, -0.2) is 45.4 Å². The summed E-state index contributed by atoms with van der Waals surface area (Å²) in [5.74, 6) is 0.264. The summed E-state index contributed by atoms with van der Waals surface area (Å²) < 4.78 is 23.0. The summed E-state index contributed by atoms with van der Waals surface area (Å²) in [4.78, 5) is 24.9. The molecule has 0 saturated heterocycles. The zero-order valence-electron chi connectivity index (χ0n) is 17.6. The molecule has 8 nitrogen and oxygen atoms in total. The Morgan fingerprint density at radius 2 is 1.52 bits per heavy atom. The van der Waals surface area contributed by atoms with E-state index in [4.69, 9.17) is 18.9 Å². The molecular weight excluding hydrogens is 376 g/mol. The summed E-state index contributed by atoms with van der Waals surface area (Å²) >= 11 is 0. The highest BCUT2D eigenvalue weighted by Crippen LogP contribution is 2.38. The smallest absolute Gasteiger partial charge is 0.338 e. The molecule has 0 radical (unpaired) electrons. The number of hydrogen-bond donors (Lipinski definition) is 1. The summed E-state index contributed by atoms with van der Waals surface area (Å²) in [5, 5.41) is 2.87. The zero-order valence-corrected chi connectivity index (χ0v) is 17.6. The number of pyridine rings is 1. The first kappa shape index (κ1) is 22.0. The molecule has 1 aromatic heterocycles. The maximum atomic E-state index is 12.5. The first-order valence-corrected chi connectivity index (χ1v) is 8.95. The molecule has 156 valence electrons. The van der Waals surface area contributed by atoms with Crippen molar-refractivity contribution >= 4 is 11.9 Å². The minimum atomic E-state index is -0.772. The fourth-order valence-electron chi connectivity index (χ4n) is 2.60. The molecule has 0 aliphatic carbocycles. The Labute approximate surface area is 170 Å². The molecule has 0 fully saturated rings. The van der Waals surface area contributed by atoms with Crippen LogP contribution in [0.3, 0.4) is 0 Å². The van der Waals surface area contributed by atoms with Crippen LogP contribution in [0.2, 0.25) is 0 Å². The van der Waals surface area contributed by atoms with Gasteiger partial charge in [0.05, 0.1) is 38.0 Å². The molecule has 0 atom stereocenters. The van der Waals surface area contributed by atoms with Gasteiger partial charge >= 0.3 is 5.97 Å². The molecular formula is C21H27N2O6+. The molecule has 1 amide bonds. The van der Waals surface area contributed by atoms with Crippen molar-refractivity contribution in [3.63, 3.8) is 0 Å². The largest absolute Gasteiger partial charge is 0.493 e. The lowest BCUT2D eigenvalue weighted by molar-refractivity contribution is -0.671. The topological polar surface area (TPSA) is 87.0 Å². The minimum Gasteiger partial charge on any atom is -0.493 e. The highest BCUT2D eigenvalue weighted by molar-refractivity contribution is 5.94. The van der Waals surface area contributed by atoms with Crippen molar-refractivity contribution in [2.24, 2.45) is 7.05 Å². The lowest BCUT2D eigenvalue weighted by Crippen LogP contribution is -2.47. The average Bonchev–Trinajstić information content (AvgIpc) is 2.70. The molecule has 1 aromatic carbocycles. The van der Waals surface area contributed by atoms with Crippen LogP contribution in [0.15, 0.2) is 36.7 Å². The van der Waals surface area contributed by atoms with E-state index in [1.807, 2.05) is 11.6 Å². The first-order valence-electron chi connectivity index (χ1n) is 8.95. The van der Waals surface area contributed by atoms with Crippen LogP contribution in [0.25, 0.3) is 0 Å². The third-order valence-electron chi connectivity index (χ3n) is 4.16. The van der Waals surface area contributed by atoms with E-state index >= 15 is 0 Å². The number of hydrogen-bond acceptors (Lipinski definition) is 6. The van der Waals surface area contributed by atoms with Crippen molar-refractivity contribution in [2.75, 3.05) is 27.9 Å². The monoisotopic (exact) mass is 403 g/mol. The third kappa shape index (κ3) is 5.60. The molecule has 29 heavy (non-hydrogen) atoms. The second-order valence-electron chi connectivity index (χ2n) is 7.08. The highest BCUT2D eigenvalue weighted by Gasteiger charge is 2.25. The number of esters is 1. The molecule has 2 rings (SSSR count). The number of methoxy groups -OCH3 is 3. The fraction of sp³-hybridized carbons (Fsp3) is 0.381. The van der Waals surface area contributed by atoms with E-state index in [1.165, 1.54) is 33.5 Å². The lowest BCUT2D eigenvalue weighted by Gasteiger charge is -2.25. The predicted molar refractivity (Wildman–Crippen MR) is 106 cm³/mol. The first-order chi connectivity index (χ1) is 13.7. The normalized spacial score (nSPS) is 10.8. The van der Waals surface area contributed by atoms with Gasteiger partial charge in [0.25, 0.3) is 5.91 Å². The number of benzene rings is 1. The van der Waals surface area contributed by atoms with Crippen LogP contribution in [0, 0.1) is 0 Å². The highest BCUT2D eigenvalue weighted by atomic mass is 16.5. The second kappa shape index (κ2) is 9.27. The molecule has 0 aliphatic rings. The molecule has 0 saturated carbocycles. The molecule has 0 bridgehead atoms. The van der Waals surface area contributed by atoms with Crippen molar-refractivity contribution in [1.82, 2.24) is 5.32 Å². The van der Waals surface area contributed by atoms with Gasteiger partial charge in [0.2, 0.25) is 5.75 Å². The summed E-state index contributed by atoms with van der Waals surface area (Å²) in [5.41, 5.74) is -0.00452. The van der Waals surface area contributed by atoms with Crippen LogP contribution < -0.4 is 24.1 Å². The molecule has 8 heteroatoms. The molecule has 0 spiro atoms. The van der Waals surface area contributed by atoms with Gasteiger partial charge in [-0.3, -0.25) is 4.79 Å². The number of nitrogens with zero attached hydrogens (tertiary/aromatic N) is 1. The van der Waals surface area contributed by atoms with Gasteiger partial charge in [0.15, 0.2) is 23.9 Å². The summed E-state index contributed by atoms with van der Waals surface area (Å²) in [7, 11) is 6.29. The van der Waals surface area contributed by atoms with Crippen molar-refractivity contribution < 1.29 is 33.1 Å². The van der Waals surface area contributed by atoms with E-state index in [0.29, 0.717) is 22.8 Å². The van der Waals surface area contributed by atoms with E-state index in [9.17, 15) is 9.59 Å². The fourth-order valence-corrected chi connectivity index (χ4v) is 2.60. The van der Waals surface area contributed by atoms with Gasteiger partial charge in [0, 0.05) is 12.1 Å². The minimum absolute atomic E-state index is 0.0190. The van der Waals surface area contributed by atoms with E-state index < -0.39 is 11.5 Å². The van der Waals surface area contributed by atoms with Gasteiger partial charge in [0.1, 0.15) is 13.7 Å². The second-order valence-corrected chi connectivity index (χ2v) is 7.08. The Morgan fingerprint density at radius 3 is 2.00 bits per heavy atom. The molecule has 0 aliphatic heterocycles. The number of carbonyl (C=O) groups is 2. The molecule has 2 aromatic rings. The Balaban J connectivity index is 2.07. The molecule has 1 heterocycles. The number of carbonyl (C=O) groups excluding carboxylic acids is 2. The number of amides is 1. The van der Waals surface area contributed by atoms with Gasteiger partial charge in [-0.15, -0.1) is 0 Å². The average molecular weight is 403 g/mol. The summed E-state index contributed by atoms with van der Waals surface area (Å²) in [6.07, 6.45) is 3.57. The Kier molecular flexibility index (Phi) is 7.03. The number of rotatable bonds is 8. The maximum Gasteiger partial charge on any atom is 0.338 e. The third-order valence-corrected chi connectivity index (χ3v) is 4.16. The van der Waals surface area contributed by atoms with Gasteiger partial charge in [-0.2, -0.15) is 0 Å². The van der Waals surface area contributed by atoms with Crippen LogP contribution in [0.5, 0.6) is 17.2 Å². The SMILES string of the molecule is COc1cc(C(=O)OCC(C)(C)NC(=O)c2cc[n+](C)cc2)cc(OC)c1OC. The number of aryl methyl sites for hydroxylation is 1. The van der Waals surface area contributed by atoms with E-state index in [-0.39, 0.29) is 18.1 Å².